The van der Waals surface area contributed by atoms with E-state index in [1.807, 2.05) is 0 Å². The summed E-state index contributed by atoms with van der Waals surface area (Å²) in [6.07, 6.45) is 2.85. The van der Waals surface area contributed by atoms with Crippen molar-refractivity contribution in [1.29, 1.82) is 0 Å². The molecular weight excluding hydrogens is 451 g/mol. The van der Waals surface area contributed by atoms with Crippen LogP contribution in [-0.4, -0.2) is 17.5 Å². The molecule has 150 valence electrons. The fourth-order valence-corrected chi connectivity index (χ4v) is 2.53. The van der Waals surface area contributed by atoms with E-state index in [0.717, 1.165) is 24.7 Å². The maximum Gasteiger partial charge on any atom is 0.216 e. The molecule has 0 spiro atoms. The molecule has 0 radical (unpaired) electrons. The Bertz CT molecular complexity index is 717. The Labute approximate surface area is 180 Å². The number of guanidine groups is 1. The smallest absolute Gasteiger partial charge is 0.216 e. The van der Waals surface area contributed by atoms with Crippen LogP contribution in [0.5, 0.6) is 0 Å². The normalized spacial score (nSPS) is 13.0. The summed E-state index contributed by atoms with van der Waals surface area (Å²) in [5, 5.41) is 6.73. The molecule has 0 fully saturated rings. The molecule has 6 heteroatoms. The third-order valence-corrected chi connectivity index (χ3v) is 4.25. The number of nitrogens with zero attached hydrogens (tertiary/aromatic N) is 2. The van der Waals surface area contributed by atoms with Crippen molar-refractivity contribution in [2.24, 2.45) is 4.99 Å². The SMILES string of the molecule is CCNC(=NCc1ncc(C(C)(C)C)o1)NC(C)c1ccc(CC)cc1.I. The maximum absolute atomic E-state index is 5.82. The first-order valence-electron chi connectivity index (χ1n) is 9.42. The van der Waals surface area contributed by atoms with Gasteiger partial charge in [-0.15, -0.1) is 24.0 Å². The lowest BCUT2D eigenvalue weighted by Gasteiger charge is -2.18. The zero-order valence-electron chi connectivity index (χ0n) is 17.3. The number of nitrogens with one attached hydrogen (secondary N) is 2. The second kappa shape index (κ2) is 10.7. The molecule has 0 amide bonds. The Balaban J connectivity index is 0.00000364. The van der Waals surface area contributed by atoms with Crippen molar-refractivity contribution >= 4 is 29.9 Å². The molecule has 5 nitrogen and oxygen atoms in total. The summed E-state index contributed by atoms with van der Waals surface area (Å²) in [5.74, 6) is 2.27. The van der Waals surface area contributed by atoms with Gasteiger partial charge in [-0.2, -0.15) is 0 Å². The Hall–Kier alpha value is -1.57. The number of hydrogen-bond acceptors (Lipinski definition) is 3. The molecule has 0 aliphatic rings. The minimum absolute atomic E-state index is 0. The number of rotatable bonds is 6. The molecule has 1 heterocycles. The van der Waals surface area contributed by atoms with Crippen molar-refractivity contribution < 1.29 is 4.42 Å². The molecule has 0 saturated carbocycles. The first-order chi connectivity index (χ1) is 12.3. The molecule has 1 aromatic heterocycles. The van der Waals surface area contributed by atoms with Crippen molar-refractivity contribution in [3.05, 3.63) is 53.2 Å². The highest BCUT2D eigenvalue weighted by atomic mass is 127. The Morgan fingerprint density at radius 3 is 2.37 bits per heavy atom. The van der Waals surface area contributed by atoms with Gasteiger partial charge in [-0.3, -0.25) is 0 Å². The monoisotopic (exact) mass is 484 g/mol. The highest BCUT2D eigenvalue weighted by molar-refractivity contribution is 14.0. The van der Waals surface area contributed by atoms with Gasteiger partial charge in [0.25, 0.3) is 0 Å². The van der Waals surface area contributed by atoms with E-state index in [2.05, 4.69) is 86.4 Å². The molecule has 2 rings (SSSR count). The summed E-state index contributed by atoms with van der Waals surface area (Å²) in [7, 11) is 0. The number of aryl methyl sites for hydroxylation is 1. The predicted molar refractivity (Wildman–Crippen MR) is 123 cm³/mol. The molecule has 2 N–H and O–H groups in total. The third-order valence-electron chi connectivity index (χ3n) is 4.25. The van der Waals surface area contributed by atoms with Gasteiger partial charge in [0, 0.05) is 12.0 Å². The van der Waals surface area contributed by atoms with E-state index < -0.39 is 0 Å². The van der Waals surface area contributed by atoms with Crippen LogP contribution < -0.4 is 10.6 Å². The topological polar surface area (TPSA) is 62.5 Å². The Kier molecular flexibility index (Phi) is 9.29. The summed E-state index contributed by atoms with van der Waals surface area (Å²) in [5.41, 5.74) is 2.54. The van der Waals surface area contributed by atoms with Crippen LogP contribution in [0.4, 0.5) is 0 Å². The zero-order chi connectivity index (χ0) is 19.2. The van der Waals surface area contributed by atoms with Crippen molar-refractivity contribution in [1.82, 2.24) is 15.6 Å². The minimum atomic E-state index is -0.0448. The van der Waals surface area contributed by atoms with Crippen LogP contribution in [0.15, 0.2) is 39.9 Å². The second-order valence-corrected chi connectivity index (χ2v) is 7.52. The predicted octanol–water partition coefficient (Wildman–Crippen LogP) is 4.97. The molecule has 1 aromatic carbocycles. The van der Waals surface area contributed by atoms with Gasteiger partial charge < -0.3 is 15.1 Å². The third kappa shape index (κ3) is 7.16. The summed E-state index contributed by atoms with van der Waals surface area (Å²) >= 11 is 0. The largest absolute Gasteiger partial charge is 0.443 e. The van der Waals surface area contributed by atoms with Gasteiger partial charge in [0.1, 0.15) is 12.3 Å². The summed E-state index contributed by atoms with van der Waals surface area (Å²) in [6.45, 7) is 13.9. The van der Waals surface area contributed by atoms with E-state index in [4.69, 9.17) is 4.42 Å². The Morgan fingerprint density at radius 2 is 1.85 bits per heavy atom. The number of halogens is 1. The van der Waals surface area contributed by atoms with Gasteiger partial charge in [0.05, 0.1) is 12.2 Å². The quantitative estimate of drug-likeness (QED) is 0.345. The van der Waals surface area contributed by atoms with Crippen LogP contribution in [0, 0.1) is 0 Å². The van der Waals surface area contributed by atoms with Crippen molar-refractivity contribution in [3.63, 3.8) is 0 Å². The van der Waals surface area contributed by atoms with E-state index in [1.54, 1.807) is 6.20 Å². The summed E-state index contributed by atoms with van der Waals surface area (Å²) in [4.78, 5) is 8.96. The number of aliphatic imine (C=N–C) groups is 1. The van der Waals surface area contributed by atoms with Crippen LogP contribution in [0.25, 0.3) is 0 Å². The number of hydrogen-bond donors (Lipinski definition) is 2. The van der Waals surface area contributed by atoms with Crippen molar-refractivity contribution in [2.75, 3.05) is 6.54 Å². The van der Waals surface area contributed by atoms with E-state index >= 15 is 0 Å². The van der Waals surface area contributed by atoms with Crippen LogP contribution in [0.2, 0.25) is 0 Å². The van der Waals surface area contributed by atoms with Gasteiger partial charge in [0.2, 0.25) is 5.89 Å². The summed E-state index contributed by atoms with van der Waals surface area (Å²) in [6, 6.07) is 8.86. The van der Waals surface area contributed by atoms with E-state index in [0.29, 0.717) is 12.4 Å². The first kappa shape index (κ1) is 23.5. The van der Waals surface area contributed by atoms with Crippen molar-refractivity contribution in [3.8, 4) is 0 Å². The van der Waals surface area contributed by atoms with Crippen LogP contribution in [-0.2, 0) is 18.4 Å². The zero-order valence-corrected chi connectivity index (χ0v) is 19.6. The minimum Gasteiger partial charge on any atom is -0.443 e. The molecule has 0 aliphatic carbocycles. The van der Waals surface area contributed by atoms with Gasteiger partial charge in [0.15, 0.2) is 5.96 Å². The average molecular weight is 484 g/mol. The van der Waals surface area contributed by atoms with E-state index in [-0.39, 0.29) is 35.4 Å². The van der Waals surface area contributed by atoms with Crippen LogP contribution >= 0.6 is 24.0 Å². The molecular formula is C21H33IN4O. The summed E-state index contributed by atoms with van der Waals surface area (Å²) < 4.78 is 5.82. The van der Waals surface area contributed by atoms with E-state index in [1.165, 1.54) is 11.1 Å². The molecule has 0 saturated heterocycles. The average Bonchev–Trinajstić information content (AvgIpc) is 3.09. The van der Waals surface area contributed by atoms with Crippen LogP contribution in [0.3, 0.4) is 0 Å². The first-order valence-corrected chi connectivity index (χ1v) is 9.42. The highest BCUT2D eigenvalue weighted by Crippen LogP contribution is 2.22. The standard InChI is InChI=1S/C21H32N4O.HI/c1-7-16-9-11-17(12-10-16)15(3)25-20(22-8-2)24-14-19-23-13-18(26-19)21(4,5)6;/h9-13,15H,7-8,14H2,1-6H3,(H2,22,24,25);1H. The molecule has 2 aromatic rings. The van der Waals surface area contributed by atoms with E-state index in [9.17, 15) is 0 Å². The maximum atomic E-state index is 5.82. The van der Waals surface area contributed by atoms with Crippen molar-refractivity contribution in [2.45, 2.75) is 66.0 Å². The van der Waals surface area contributed by atoms with Gasteiger partial charge in [-0.05, 0) is 31.4 Å². The van der Waals surface area contributed by atoms with Gasteiger partial charge in [-0.25, -0.2) is 9.98 Å². The lowest BCUT2D eigenvalue weighted by atomic mass is 9.94. The molecule has 0 aliphatic heterocycles. The molecule has 0 bridgehead atoms. The molecule has 27 heavy (non-hydrogen) atoms. The Morgan fingerprint density at radius 1 is 1.19 bits per heavy atom. The number of benzene rings is 1. The molecule has 1 unspecified atom stereocenters. The lowest BCUT2D eigenvalue weighted by molar-refractivity contribution is 0.383. The fourth-order valence-electron chi connectivity index (χ4n) is 2.53. The highest BCUT2D eigenvalue weighted by Gasteiger charge is 2.19. The number of aromatic nitrogens is 1. The van der Waals surface area contributed by atoms with Crippen LogP contribution in [0.1, 0.15) is 70.4 Å². The van der Waals surface area contributed by atoms with Gasteiger partial charge in [-0.1, -0.05) is 52.0 Å². The second-order valence-electron chi connectivity index (χ2n) is 7.52. The molecule has 1 atom stereocenters. The lowest BCUT2D eigenvalue weighted by Crippen LogP contribution is -2.38. The number of oxazole rings is 1. The fraction of sp³-hybridized carbons (Fsp3) is 0.524. The van der Waals surface area contributed by atoms with Gasteiger partial charge >= 0.3 is 0 Å².